The van der Waals surface area contributed by atoms with Crippen molar-refractivity contribution in [3.8, 4) is 0 Å². The van der Waals surface area contributed by atoms with E-state index in [9.17, 15) is 4.79 Å². The van der Waals surface area contributed by atoms with Crippen LogP contribution in [0, 0.1) is 0 Å². The van der Waals surface area contributed by atoms with Crippen molar-refractivity contribution in [3.63, 3.8) is 0 Å². The summed E-state index contributed by atoms with van der Waals surface area (Å²) in [6.07, 6.45) is -0.0959. The zero-order valence-corrected chi connectivity index (χ0v) is 6.95. The predicted octanol–water partition coefficient (Wildman–Crippen LogP) is 0.182. The third-order valence-corrected chi connectivity index (χ3v) is 1.69. The van der Waals surface area contributed by atoms with E-state index in [-0.39, 0.29) is 6.42 Å². The summed E-state index contributed by atoms with van der Waals surface area (Å²) in [7, 11) is 0. The average Bonchev–Trinajstić information content (AvgIpc) is 2.08. The van der Waals surface area contributed by atoms with Gasteiger partial charge in [-0.2, -0.15) is 0 Å². The molecular formula is C8H11N3O2. The zero-order valence-electron chi connectivity index (χ0n) is 6.95. The lowest BCUT2D eigenvalue weighted by Gasteiger charge is -2.08. The average molecular weight is 181 g/mol. The van der Waals surface area contributed by atoms with Gasteiger partial charge >= 0.3 is 5.97 Å². The van der Waals surface area contributed by atoms with Gasteiger partial charge in [-0.3, -0.25) is 10.6 Å². The first-order valence-electron chi connectivity index (χ1n) is 3.71. The van der Waals surface area contributed by atoms with E-state index in [2.05, 4.69) is 5.43 Å². The fourth-order valence-corrected chi connectivity index (χ4v) is 1.06. The van der Waals surface area contributed by atoms with Crippen LogP contribution in [-0.4, -0.2) is 11.1 Å². The Labute approximate surface area is 75.3 Å². The van der Waals surface area contributed by atoms with Crippen LogP contribution in [0.5, 0.6) is 0 Å². The lowest BCUT2D eigenvalue weighted by molar-refractivity contribution is -0.136. The molecule has 0 saturated carbocycles. The fraction of sp³-hybridized carbons (Fsp3) is 0.125. The highest BCUT2D eigenvalue weighted by atomic mass is 16.4. The number of carboxylic acid groups (broad SMARTS) is 1. The number of anilines is 2. The predicted molar refractivity (Wildman–Crippen MR) is 50.0 cm³/mol. The molecule has 0 unspecified atom stereocenters. The van der Waals surface area contributed by atoms with Gasteiger partial charge in [-0.05, 0) is 11.6 Å². The van der Waals surface area contributed by atoms with Crippen molar-refractivity contribution in [2.24, 2.45) is 5.84 Å². The van der Waals surface area contributed by atoms with Gasteiger partial charge in [0.05, 0.1) is 17.8 Å². The molecule has 6 N–H and O–H groups in total. The van der Waals surface area contributed by atoms with Crippen LogP contribution in [0.3, 0.4) is 0 Å². The van der Waals surface area contributed by atoms with E-state index in [1.54, 1.807) is 18.2 Å². The molecule has 0 aliphatic carbocycles. The molecule has 0 bridgehead atoms. The number of hydrogen-bond acceptors (Lipinski definition) is 4. The Morgan fingerprint density at radius 3 is 2.77 bits per heavy atom. The minimum atomic E-state index is -0.916. The molecule has 13 heavy (non-hydrogen) atoms. The zero-order chi connectivity index (χ0) is 9.84. The van der Waals surface area contributed by atoms with Gasteiger partial charge in [0.1, 0.15) is 0 Å². The number of hydrazine groups is 1. The van der Waals surface area contributed by atoms with Gasteiger partial charge in [0, 0.05) is 0 Å². The van der Waals surface area contributed by atoms with Crippen molar-refractivity contribution in [1.82, 2.24) is 0 Å². The molecule has 0 atom stereocenters. The van der Waals surface area contributed by atoms with Crippen molar-refractivity contribution in [2.75, 3.05) is 11.2 Å². The molecule has 1 aromatic carbocycles. The maximum atomic E-state index is 10.4. The number of para-hydroxylation sites is 1. The van der Waals surface area contributed by atoms with Crippen molar-refractivity contribution in [3.05, 3.63) is 23.8 Å². The molecule has 0 aliphatic heterocycles. The quantitative estimate of drug-likeness (QED) is 0.303. The second-order valence-corrected chi connectivity index (χ2v) is 2.59. The van der Waals surface area contributed by atoms with Gasteiger partial charge in [0.15, 0.2) is 0 Å². The van der Waals surface area contributed by atoms with Crippen molar-refractivity contribution < 1.29 is 9.90 Å². The second kappa shape index (κ2) is 3.77. The van der Waals surface area contributed by atoms with E-state index in [0.29, 0.717) is 16.9 Å². The molecule has 0 aliphatic rings. The van der Waals surface area contributed by atoms with Crippen LogP contribution in [0.15, 0.2) is 18.2 Å². The first-order chi connectivity index (χ1) is 6.15. The Kier molecular flexibility index (Phi) is 2.71. The summed E-state index contributed by atoms with van der Waals surface area (Å²) in [5.74, 6) is 4.26. The SMILES string of the molecule is NNc1cccc(CC(=O)O)c1N. The van der Waals surface area contributed by atoms with Crippen molar-refractivity contribution >= 4 is 17.3 Å². The number of rotatable bonds is 3. The number of hydrogen-bond donors (Lipinski definition) is 4. The molecule has 1 rings (SSSR count). The highest BCUT2D eigenvalue weighted by molar-refractivity contribution is 5.77. The summed E-state index contributed by atoms with van der Waals surface area (Å²) >= 11 is 0. The molecular weight excluding hydrogens is 170 g/mol. The molecule has 5 heteroatoms. The smallest absolute Gasteiger partial charge is 0.307 e. The summed E-state index contributed by atoms with van der Waals surface area (Å²) < 4.78 is 0. The summed E-state index contributed by atoms with van der Waals surface area (Å²) in [5.41, 5.74) is 9.51. The second-order valence-electron chi connectivity index (χ2n) is 2.59. The first kappa shape index (κ1) is 9.34. The molecule has 1 aromatic rings. The topological polar surface area (TPSA) is 101 Å². The molecule has 0 radical (unpaired) electrons. The fourth-order valence-electron chi connectivity index (χ4n) is 1.06. The van der Waals surface area contributed by atoms with E-state index in [4.69, 9.17) is 16.7 Å². The molecule has 0 amide bonds. The number of benzene rings is 1. The van der Waals surface area contributed by atoms with Crippen LogP contribution >= 0.6 is 0 Å². The Balaban J connectivity index is 3.01. The van der Waals surface area contributed by atoms with Gasteiger partial charge in [-0.15, -0.1) is 0 Å². The molecule has 5 nitrogen and oxygen atoms in total. The minimum Gasteiger partial charge on any atom is -0.481 e. The van der Waals surface area contributed by atoms with Crippen LogP contribution in [0.1, 0.15) is 5.56 Å². The molecule has 70 valence electrons. The molecule has 0 saturated heterocycles. The largest absolute Gasteiger partial charge is 0.481 e. The van der Waals surface area contributed by atoms with Gasteiger partial charge < -0.3 is 16.3 Å². The molecule has 0 spiro atoms. The first-order valence-corrected chi connectivity index (χ1v) is 3.71. The summed E-state index contributed by atoms with van der Waals surface area (Å²) in [6.45, 7) is 0. The number of carbonyl (C=O) groups is 1. The van der Waals surface area contributed by atoms with Crippen LogP contribution in [0.4, 0.5) is 11.4 Å². The molecule has 0 heterocycles. The molecule has 0 aromatic heterocycles. The summed E-state index contributed by atoms with van der Waals surface area (Å²) in [6, 6.07) is 5.04. The monoisotopic (exact) mass is 181 g/mol. The van der Waals surface area contributed by atoms with Crippen LogP contribution in [0.25, 0.3) is 0 Å². The highest BCUT2D eigenvalue weighted by Crippen LogP contribution is 2.21. The van der Waals surface area contributed by atoms with E-state index >= 15 is 0 Å². The van der Waals surface area contributed by atoms with Gasteiger partial charge in [-0.1, -0.05) is 12.1 Å². The van der Waals surface area contributed by atoms with Gasteiger partial charge in [-0.25, -0.2) is 0 Å². The van der Waals surface area contributed by atoms with Crippen molar-refractivity contribution in [2.45, 2.75) is 6.42 Å². The number of aliphatic carboxylic acids is 1. The number of nitrogen functional groups attached to an aromatic ring is 2. The Morgan fingerprint density at radius 1 is 1.54 bits per heavy atom. The standard InChI is InChI=1S/C8H11N3O2/c9-8-5(4-7(12)13)2-1-3-6(8)11-10/h1-3,11H,4,9-10H2,(H,12,13). The third-order valence-electron chi connectivity index (χ3n) is 1.69. The van der Waals surface area contributed by atoms with Crippen LogP contribution in [0.2, 0.25) is 0 Å². The lowest BCUT2D eigenvalue weighted by Crippen LogP contribution is -2.11. The van der Waals surface area contributed by atoms with E-state index in [0.717, 1.165) is 0 Å². The van der Waals surface area contributed by atoms with E-state index in [1.165, 1.54) is 0 Å². The summed E-state index contributed by atoms with van der Waals surface area (Å²) in [5, 5.41) is 8.55. The third kappa shape index (κ3) is 2.09. The van der Waals surface area contributed by atoms with Crippen LogP contribution in [-0.2, 0) is 11.2 Å². The maximum absolute atomic E-state index is 10.4. The van der Waals surface area contributed by atoms with Crippen LogP contribution < -0.4 is 17.0 Å². The minimum absolute atomic E-state index is 0.0959. The maximum Gasteiger partial charge on any atom is 0.307 e. The summed E-state index contributed by atoms with van der Waals surface area (Å²) in [4.78, 5) is 10.4. The lowest BCUT2D eigenvalue weighted by atomic mass is 10.1. The van der Waals surface area contributed by atoms with Gasteiger partial charge in [0.2, 0.25) is 0 Å². The van der Waals surface area contributed by atoms with E-state index in [1.807, 2.05) is 0 Å². The van der Waals surface area contributed by atoms with Crippen molar-refractivity contribution in [1.29, 1.82) is 0 Å². The number of nitrogens with one attached hydrogen (secondary N) is 1. The van der Waals surface area contributed by atoms with E-state index < -0.39 is 5.97 Å². The molecule has 0 fully saturated rings. The Morgan fingerprint density at radius 2 is 2.23 bits per heavy atom. The number of carboxylic acids is 1. The Bertz CT molecular complexity index is 325. The normalized spacial score (nSPS) is 9.62. The number of nitrogens with two attached hydrogens (primary N) is 2. The Hall–Kier alpha value is -1.75. The highest BCUT2D eigenvalue weighted by Gasteiger charge is 2.06. The van der Waals surface area contributed by atoms with Gasteiger partial charge in [0.25, 0.3) is 0 Å².